The van der Waals surface area contributed by atoms with Crippen LogP contribution < -0.4 is 0 Å². The Labute approximate surface area is 119 Å². The molecule has 99 valence electrons. The summed E-state index contributed by atoms with van der Waals surface area (Å²) in [5.41, 5.74) is 2.80. The van der Waals surface area contributed by atoms with Crippen LogP contribution in [0.3, 0.4) is 0 Å². The van der Waals surface area contributed by atoms with Gasteiger partial charge >= 0.3 is 0 Å². The maximum atomic E-state index is 10.4. The molecule has 0 amide bonds. The average molecular weight is 412 g/mol. The second kappa shape index (κ2) is 5.04. The van der Waals surface area contributed by atoms with Crippen molar-refractivity contribution in [2.24, 2.45) is 0 Å². The number of aromatic hydroxyl groups is 1. The first-order chi connectivity index (χ1) is 7.03. The van der Waals surface area contributed by atoms with E-state index < -0.39 is 0 Å². The zero-order valence-corrected chi connectivity index (χ0v) is 14.0. The van der Waals surface area contributed by atoms with E-state index in [1.165, 1.54) is 0 Å². The van der Waals surface area contributed by atoms with Crippen LogP contribution in [0, 0.1) is 6.92 Å². The van der Waals surface area contributed by atoms with E-state index in [9.17, 15) is 5.11 Å². The molecule has 1 radical (unpaired) electrons. The summed E-state index contributed by atoms with van der Waals surface area (Å²) in [6, 6.07) is 3.95. The van der Waals surface area contributed by atoms with Crippen LogP contribution in [0.15, 0.2) is 12.1 Å². The van der Waals surface area contributed by atoms with Gasteiger partial charge in [-0.3, -0.25) is 0 Å². The van der Waals surface area contributed by atoms with Crippen LogP contribution >= 0.6 is 0 Å². The van der Waals surface area contributed by atoms with E-state index >= 15 is 0 Å². The van der Waals surface area contributed by atoms with Crippen LogP contribution in [0.2, 0.25) is 0 Å². The molecule has 0 spiro atoms. The van der Waals surface area contributed by atoms with Crippen molar-refractivity contribution in [2.75, 3.05) is 0 Å². The van der Waals surface area contributed by atoms with Gasteiger partial charge in [-0.2, -0.15) is 24.6 Å². The Bertz CT molecular complexity index is 359. The Morgan fingerprint density at radius 2 is 1.18 bits per heavy atom. The zero-order valence-electron chi connectivity index (χ0n) is 11.6. The summed E-state index contributed by atoms with van der Waals surface area (Å²) >= 11 is 0. The molecule has 2 heteroatoms. The van der Waals surface area contributed by atoms with E-state index in [1.807, 2.05) is 12.1 Å². The number of hydrogen-bond donors (Lipinski definition) is 1. The molecule has 0 bridgehead atoms. The smallest absolute Gasteiger partial charge is 0.0984 e. The number of hydrogen-bond acceptors (Lipinski definition) is 1. The molecular formula is C15H23IrO-. The minimum atomic E-state index is -0.0578. The normalized spacial score (nSPS) is 12.1. The van der Waals surface area contributed by atoms with Crippen molar-refractivity contribution in [1.82, 2.24) is 0 Å². The molecule has 1 aromatic carbocycles. The van der Waals surface area contributed by atoms with Crippen molar-refractivity contribution in [1.29, 1.82) is 0 Å². The third-order valence-corrected chi connectivity index (χ3v) is 2.79. The molecule has 0 aliphatic rings. The Kier molecular flexibility index (Phi) is 4.90. The van der Waals surface area contributed by atoms with Crippen molar-refractivity contribution >= 4 is 0 Å². The van der Waals surface area contributed by atoms with E-state index in [0.29, 0.717) is 5.75 Å². The second-order valence-corrected chi connectivity index (χ2v) is 6.54. The molecule has 0 aromatic heterocycles. The topological polar surface area (TPSA) is 20.2 Å². The van der Waals surface area contributed by atoms with E-state index in [2.05, 4.69) is 48.5 Å². The Morgan fingerprint density at radius 3 is 1.41 bits per heavy atom. The van der Waals surface area contributed by atoms with Crippen molar-refractivity contribution in [3.05, 3.63) is 35.7 Å². The Morgan fingerprint density at radius 1 is 0.882 bits per heavy atom. The number of phenols is 1. The van der Waals surface area contributed by atoms with Crippen LogP contribution in [0.4, 0.5) is 0 Å². The van der Waals surface area contributed by atoms with Gasteiger partial charge in [0.25, 0.3) is 0 Å². The molecule has 0 saturated heterocycles. The van der Waals surface area contributed by atoms with Crippen LogP contribution in [-0.2, 0) is 30.9 Å². The molecule has 0 atom stereocenters. The third kappa shape index (κ3) is 3.76. The maximum Gasteiger partial charge on any atom is 0.0984 e. The standard InChI is InChI=1S/C15H23O.Ir/c1-10-8-11(14(2,3)4)13(16)12(9-10)15(5,6)7;/h8-9,16H,1H2,2-7H3;/q-1;. The van der Waals surface area contributed by atoms with E-state index in [0.717, 1.165) is 16.7 Å². The van der Waals surface area contributed by atoms with Gasteiger partial charge in [0.1, 0.15) is 0 Å². The molecule has 0 aliphatic heterocycles. The molecule has 17 heavy (non-hydrogen) atoms. The van der Waals surface area contributed by atoms with Crippen LogP contribution in [0.25, 0.3) is 0 Å². The molecule has 1 aromatic rings. The van der Waals surface area contributed by atoms with Crippen LogP contribution in [-0.4, -0.2) is 5.11 Å². The van der Waals surface area contributed by atoms with Gasteiger partial charge in [-0.05, 0) is 10.8 Å². The van der Waals surface area contributed by atoms with Gasteiger partial charge in [0.05, 0.1) is 5.75 Å². The number of phenolic OH excluding ortho intramolecular Hbond substituents is 1. The fourth-order valence-corrected chi connectivity index (χ4v) is 1.84. The van der Waals surface area contributed by atoms with Gasteiger partial charge in [-0.15, -0.1) is 0 Å². The van der Waals surface area contributed by atoms with Gasteiger partial charge in [-0.1, -0.05) is 52.7 Å². The second-order valence-electron chi connectivity index (χ2n) is 6.54. The minimum absolute atomic E-state index is 0. The third-order valence-electron chi connectivity index (χ3n) is 2.79. The first kappa shape index (κ1) is 16.5. The quantitative estimate of drug-likeness (QED) is 0.636. The summed E-state index contributed by atoms with van der Waals surface area (Å²) in [6.07, 6.45) is 0. The molecule has 0 unspecified atom stereocenters. The summed E-state index contributed by atoms with van der Waals surface area (Å²) in [5, 5.41) is 10.4. The maximum absolute atomic E-state index is 10.4. The van der Waals surface area contributed by atoms with Crippen molar-refractivity contribution in [3.8, 4) is 5.75 Å². The van der Waals surface area contributed by atoms with Gasteiger partial charge in [-0.25, -0.2) is 0 Å². The fraction of sp³-hybridized carbons (Fsp3) is 0.533. The average Bonchev–Trinajstić information content (AvgIpc) is 2.04. The monoisotopic (exact) mass is 412 g/mol. The van der Waals surface area contributed by atoms with Gasteiger partial charge in [0.15, 0.2) is 0 Å². The van der Waals surface area contributed by atoms with Gasteiger partial charge in [0.2, 0.25) is 0 Å². The molecule has 0 fully saturated rings. The van der Waals surface area contributed by atoms with E-state index in [4.69, 9.17) is 0 Å². The molecule has 0 heterocycles. The zero-order chi connectivity index (χ0) is 12.7. The summed E-state index contributed by atoms with van der Waals surface area (Å²) in [6.45, 7) is 16.6. The molecule has 1 rings (SSSR count). The first-order valence-electron chi connectivity index (χ1n) is 5.73. The largest absolute Gasteiger partial charge is 0.510 e. The predicted octanol–water partition coefficient (Wildman–Crippen LogP) is 4.17. The van der Waals surface area contributed by atoms with Crippen molar-refractivity contribution in [3.63, 3.8) is 0 Å². The number of benzene rings is 1. The summed E-state index contributed by atoms with van der Waals surface area (Å²) in [7, 11) is 0. The molecule has 1 N–H and O–H groups in total. The Balaban J connectivity index is 0.00000256. The van der Waals surface area contributed by atoms with Crippen LogP contribution in [0.5, 0.6) is 5.75 Å². The number of rotatable bonds is 0. The molecule has 0 saturated carbocycles. The van der Waals surface area contributed by atoms with Gasteiger partial charge < -0.3 is 5.11 Å². The van der Waals surface area contributed by atoms with Gasteiger partial charge in [0, 0.05) is 20.1 Å². The van der Waals surface area contributed by atoms with E-state index in [1.54, 1.807) is 0 Å². The first-order valence-corrected chi connectivity index (χ1v) is 5.73. The van der Waals surface area contributed by atoms with Crippen molar-refractivity contribution < 1.29 is 25.2 Å². The Hall–Kier alpha value is -0.461. The van der Waals surface area contributed by atoms with Crippen molar-refractivity contribution in [2.45, 2.75) is 52.4 Å². The molecule has 0 aliphatic carbocycles. The minimum Gasteiger partial charge on any atom is -0.510 e. The fourth-order valence-electron chi connectivity index (χ4n) is 1.84. The molecule has 1 nitrogen and oxygen atoms in total. The molecular weight excluding hydrogens is 388 g/mol. The van der Waals surface area contributed by atoms with Crippen LogP contribution in [0.1, 0.15) is 58.2 Å². The summed E-state index contributed by atoms with van der Waals surface area (Å²) in [4.78, 5) is 0. The predicted molar refractivity (Wildman–Crippen MR) is 70.0 cm³/mol. The summed E-state index contributed by atoms with van der Waals surface area (Å²) < 4.78 is 0. The summed E-state index contributed by atoms with van der Waals surface area (Å²) in [5.74, 6) is 0.424. The SMILES string of the molecule is [CH2-]c1cc(C(C)(C)C)c(O)c(C(C)(C)C)c1.[Ir]. The van der Waals surface area contributed by atoms with E-state index in [-0.39, 0.29) is 30.9 Å².